The van der Waals surface area contributed by atoms with Crippen LogP contribution in [0.15, 0.2) is 11.4 Å². The first-order chi connectivity index (χ1) is 4.34. The van der Waals surface area contributed by atoms with E-state index in [1.54, 1.807) is 11.3 Å². The van der Waals surface area contributed by atoms with E-state index in [1.165, 1.54) is 4.88 Å². The lowest BCUT2D eigenvalue weighted by Gasteiger charge is -1.90. The van der Waals surface area contributed by atoms with Gasteiger partial charge in [-0.1, -0.05) is 11.6 Å². The van der Waals surface area contributed by atoms with E-state index in [4.69, 9.17) is 17.3 Å². The largest absolute Gasteiger partial charge is 0.330 e. The van der Waals surface area contributed by atoms with Crippen LogP contribution in [0.4, 0.5) is 0 Å². The standard InChI is InChI=1S/C6H8ClNS/c7-5-2-4-9-6(5)1-3-8/h2,4H,1,3,8H2. The van der Waals surface area contributed by atoms with Crippen molar-refractivity contribution in [2.45, 2.75) is 6.42 Å². The second kappa shape index (κ2) is 3.20. The number of thiophene rings is 1. The van der Waals surface area contributed by atoms with Crippen molar-refractivity contribution in [2.75, 3.05) is 6.54 Å². The summed E-state index contributed by atoms with van der Waals surface area (Å²) in [5, 5.41) is 2.83. The number of halogens is 1. The molecule has 50 valence electrons. The zero-order valence-electron chi connectivity index (χ0n) is 4.93. The van der Waals surface area contributed by atoms with E-state index in [9.17, 15) is 0 Å². The highest BCUT2D eigenvalue weighted by atomic mass is 35.5. The Morgan fingerprint density at radius 3 is 2.89 bits per heavy atom. The molecule has 0 amide bonds. The van der Waals surface area contributed by atoms with Crippen LogP contribution < -0.4 is 5.73 Å². The number of rotatable bonds is 2. The molecule has 2 N–H and O–H groups in total. The van der Waals surface area contributed by atoms with Gasteiger partial charge in [-0.25, -0.2) is 0 Å². The third-order valence-corrected chi connectivity index (χ3v) is 2.51. The Morgan fingerprint density at radius 2 is 2.44 bits per heavy atom. The number of hydrogen-bond acceptors (Lipinski definition) is 2. The van der Waals surface area contributed by atoms with E-state index in [-0.39, 0.29) is 0 Å². The first-order valence-electron chi connectivity index (χ1n) is 2.76. The molecule has 0 atom stereocenters. The Labute approximate surface area is 63.4 Å². The maximum atomic E-state index is 5.77. The smallest absolute Gasteiger partial charge is 0.0545 e. The Kier molecular flexibility index (Phi) is 2.51. The van der Waals surface area contributed by atoms with E-state index in [1.807, 2.05) is 11.4 Å². The van der Waals surface area contributed by atoms with Gasteiger partial charge in [0.05, 0.1) is 5.02 Å². The summed E-state index contributed by atoms with van der Waals surface area (Å²) in [6.45, 7) is 0.681. The zero-order chi connectivity index (χ0) is 6.69. The first-order valence-corrected chi connectivity index (χ1v) is 4.02. The number of nitrogens with two attached hydrogens (primary N) is 1. The Hall–Kier alpha value is -0.0500. The summed E-state index contributed by atoms with van der Waals surface area (Å²) >= 11 is 7.44. The topological polar surface area (TPSA) is 26.0 Å². The zero-order valence-corrected chi connectivity index (χ0v) is 6.50. The summed E-state index contributed by atoms with van der Waals surface area (Å²) in [4.78, 5) is 1.19. The third kappa shape index (κ3) is 1.68. The molecule has 0 spiro atoms. The van der Waals surface area contributed by atoms with Gasteiger partial charge in [0.2, 0.25) is 0 Å². The van der Waals surface area contributed by atoms with Crippen molar-refractivity contribution in [3.05, 3.63) is 21.3 Å². The maximum Gasteiger partial charge on any atom is 0.0545 e. The molecule has 0 aliphatic carbocycles. The van der Waals surface area contributed by atoms with Gasteiger partial charge in [-0.05, 0) is 24.4 Å². The molecule has 0 aromatic carbocycles. The van der Waals surface area contributed by atoms with Gasteiger partial charge in [0.25, 0.3) is 0 Å². The number of hydrogen-bond donors (Lipinski definition) is 1. The van der Waals surface area contributed by atoms with Crippen molar-refractivity contribution in [3.8, 4) is 0 Å². The van der Waals surface area contributed by atoms with Crippen LogP contribution in [0, 0.1) is 0 Å². The molecule has 0 aliphatic rings. The highest BCUT2D eigenvalue weighted by molar-refractivity contribution is 7.10. The fourth-order valence-electron chi connectivity index (χ4n) is 0.635. The normalized spacial score (nSPS) is 10.0. The minimum absolute atomic E-state index is 0.681. The second-order valence-electron chi connectivity index (χ2n) is 1.73. The van der Waals surface area contributed by atoms with Crippen LogP contribution in [0.2, 0.25) is 5.02 Å². The molecule has 0 aliphatic heterocycles. The van der Waals surface area contributed by atoms with Crippen LogP contribution in [-0.2, 0) is 6.42 Å². The third-order valence-electron chi connectivity index (χ3n) is 1.06. The van der Waals surface area contributed by atoms with Crippen LogP contribution in [0.5, 0.6) is 0 Å². The molecule has 3 heteroatoms. The average molecular weight is 162 g/mol. The molecule has 1 aromatic rings. The average Bonchev–Trinajstić information content (AvgIpc) is 2.18. The molecule has 0 saturated heterocycles. The summed E-state index contributed by atoms with van der Waals surface area (Å²) in [5.74, 6) is 0. The maximum absolute atomic E-state index is 5.77. The monoisotopic (exact) mass is 161 g/mol. The van der Waals surface area contributed by atoms with Crippen LogP contribution in [-0.4, -0.2) is 6.54 Å². The van der Waals surface area contributed by atoms with Crippen molar-refractivity contribution in [2.24, 2.45) is 5.73 Å². The molecule has 1 rings (SSSR count). The molecule has 1 aromatic heterocycles. The van der Waals surface area contributed by atoms with E-state index in [0.717, 1.165) is 11.4 Å². The van der Waals surface area contributed by atoms with E-state index in [0.29, 0.717) is 6.54 Å². The van der Waals surface area contributed by atoms with E-state index in [2.05, 4.69) is 0 Å². The van der Waals surface area contributed by atoms with Crippen molar-refractivity contribution in [3.63, 3.8) is 0 Å². The lowest BCUT2D eigenvalue weighted by molar-refractivity contribution is 0.989. The SMILES string of the molecule is NCCc1sccc1Cl. The summed E-state index contributed by atoms with van der Waals surface area (Å²) in [5.41, 5.74) is 5.34. The van der Waals surface area contributed by atoms with Gasteiger partial charge in [0.15, 0.2) is 0 Å². The summed E-state index contributed by atoms with van der Waals surface area (Å²) < 4.78 is 0. The molecular formula is C6H8ClNS. The quantitative estimate of drug-likeness (QED) is 0.705. The Morgan fingerprint density at radius 1 is 1.67 bits per heavy atom. The van der Waals surface area contributed by atoms with Crippen molar-refractivity contribution >= 4 is 22.9 Å². The van der Waals surface area contributed by atoms with Crippen LogP contribution in [0.25, 0.3) is 0 Å². The van der Waals surface area contributed by atoms with E-state index < -0.39 is 0 Å². The molecule has 0 saturated carbocycles. The fourth-order valence-corrected chi connectivity index (χ4v) is 1.79. The van der Waals surface area contributed by atoms with Gasteiger partial charge in [0, 0.05) is 4.88 Å². The molecule has 0 unspecified atom stereocenters. The van der Waals surface area contributed by atoms with Gasteiger partial charge < -0.3 is 5.73 Å². The molecule has 0 fully saturated rings. The fraction of sp³-hybridized carbons (Fsp3) is 0.333. The first kappa shape index (κ1) is 7.06. The highest BCUT2D eigenvalue weighted by Crippen LogP contribution is 2.21. The van der Waals surface area contributed by atoms with Gasteiger partial charge >= 0.3 is 0 Å². The van der Waals surface area contributed by atoms with Crippen LogP contribution >= 0.6 is 22.9 Å². The summed E-state index contributed by atoms with van der Waals surface area (Å²) in [6, 6.07) is 1.90. The molecule has 0 radical (unpaired) electrons. The van der Waals surface area contributed by atoms with Crippen LogP contribution in [0.3, 0.4) is 0 Å². The lowest BCUT2D eigenvalue weighted by atomic mass is 10.3. The minimum atomic E-state index is 0.681. The molecule has 1 heterocycles. The highest BCUT2D eigenvalue weighted by Gasteiger charge is 1.97. The Balaban J connectivity index is 2.69. The molecule has 1 nitrogen and oxygen atoms in total. The van der Waals surface area contributed by atoms with Crippen molar-refractivity contribution in [1.29, 1.82) is 0 Å². The van der Waals surface area contributed by atoms with Gasteiger partial charge in [-0.3, -0.25) is 0 Å². The summed E-state index contributed by atoms with van der Waals surface area (Å²) in [7, 11) is 0. The molecule has 9 heavy (non-hydrogen) atoms. The van der Waals surface area contributed by atoms with Gasteiger partial charge in [-0.15, -0.1) is 11.3 Å². The second-order valence-corrected chi connectivity index (χ2v) is 3.14. The van der Waals surface area contributed by atoms with Gasteiger partial charge in [-0.2, -0.15) is 0 Å². The lowest BCUT2D eigenvalue weighted by Crippen LogP contribution is -2.00. The Bertz CT molecular complexity index is 185. The minimum Gasteiger partial charge on any atom is -0.330 e. The van der Waals surface area contributed by atoms with Gasteiger partial charge in [0.1, 0.15) is 0 Å². The van der Waals surface area contributed by atoms with Crippen molar-refractivity contribution < 1.29 is 0 Å². The molecule has 0 bridgehead atoms. The van der Waals surface area contributed by atoms with Crippen LogP contribution in [0.1, 0.15) is 4.88 Å². The predicted molar refractivity (Wildman–Crippen MR) is 42.1 cm³/mol. The van der Waals surface area contributed by atoms with E-state index >= 15 is 0 Å². The summed E-state index contributed by atoms with van der Waals surface area (Å²) in [6.07, 6.45) is 0.899. The molecular weight excluding hydrogens is 154 g/mol. The predicted octanol–water partition coefficient (Wildman–Crippen LogP) is 1.90. The van der Waals surface area contributed by atoms with Crippen molar-refractivity contribution in [1.82, 2.24) is 0 Å².